The number of ketones is 2. The molecule has 1 fully saturated rings. The molecule has 8 aromatic carbocycles. The number of furan rings is 4. The van der Waals surface area contributed by atoms with Gasteiger partial charge in [0.1, 0.15) is 63.6 Å². The Morgan fingerprint density at radius 1 is 0.418 bits per heavy atom. The van der Waals surface area contributed by atoms with Gasteiger partial charge in [-0.3, -0.25) is 33.6 Å². The van der Waals surface area contributed by atoms with E-state index >= 15 is 0 Å². The summed E-state index contributed by atoms with van der Waals surface area (Å²) >= 11 is 0. The normalized spacial score (nSPS) is 12.5. The number of carbonyl (C=O) groups excluding carboxylic acids is 3. The summed E-state index contributed by atoms with van der Waals surface area (Å²) in [4.78, 5) is 84.0. The van der Waals surface area contributed by atoms with E-state index in [2.05, 4.69) is 52.8 Å². The number of para-hydroxylation sites is 4. The Morgan fingerprint density at radius 2 is 0.806 bits per heavy atom. The second kappa shape index (κ2) is 50.2. The fourth-order valence-electron chi connectivity index (χ4n) is 15.5. The van der Waals surface area contributed by atoms with Gasteiger partial charge in [-0.2, -0.15) is 5.26 Å². The molecule has 2 unspecified atom stereocenters. The Hall–Kier alpha value is -15.3. The van der Waals surface area contributed by atoms with Crippen LogP contribution in [0.25, 0.3) is 56.4 Å². The number of carboxylic acids is 4. The van der Waals surface area contributed by atoms with Crippen LogP contribution < -0.4 is 18.9 Å². The smallest absolute Gasteiger partial charge is 0.303 e. The lowest BCUT2D eigenvalue weighted by Gasteiger charge is -2.36. The van der Waals surface area contributed by atoms with Gasteiger partial charge < -0.3 is 71.0 Å². The highest BCUT2D eigenvalue weighted by Crippen LogP contribution is 2.46. The highest BCUT2D eigenvalue weighted by atomic mass is 16.5. The number of carboxylic acid groups (broad SMARTS) is 4. The zero-order valence-corrected chi connectivity index (χ0v) is 75.3. The molecule has 2 atom stereocenters. The minimum atomic E-state index is -1.05. The number of aryl methyl sites for hydroxylation is 1. The first-order valence-electron chi connectivity index (χ1n) is 45.2. The molecule has 1 saturated carbocycles. The molecule has 1 amide bonds. The molecule has 25 nitrogen and oxygen atoms in total. The Morgan fingerprint density at radius 3 is 1.23 bits per heavy atom. The van der Waals surface area contributed by atoms with Gasteiger partial charge in [0.05, 0.1) is 75.4 Å². The van der Waals surface area contributed by atoms with Crippen LogP contribution in [0.5, 0.6) is 23.0 Å². The zero-order chi connectivity index (χ0) is 94.4. The Kier molecular flexibility index (Phi) is 36.6. The highest BCUT2D eigenvalue weighted by molar-refractivity contribution is 6.08. The topological polar surface area (TPSA) is 369 Å². The molecule has 0 bridgehead atoms. The first-order chi connectivity index (χ1) is 65.2. The van der Waals surface area contributed by atoms with E-state index < -0.39 is 29.4 Å². The van der Waals surface area contributed by atoms with E-state index in [1.807, 2.05) is 183 Å². The number of hydrogen-bond acceptors (Lipinski definition) is 20. The van der Waals surface area contributed by atoms with E-state index in [0.29, 0.717) is 104 Å². The standard InChI is InChI=1S/C28H30N2O5.C27H25NO6.C27H27NO5.C27H28O5/c1-28(2,20-29)30(27(33)22-15-13-21(14-16-22)24-11-8-18-35-24)19-23-9-5-6-10-25(23)34-17-7-3-4-12-26(31)32;29-25(30)10-2-1-5-15-32-24-8-4-3-7-21(24)17-22-18-34-28-26(22)27(31)20-13-11-19(12-14-20)23-9-6-16-33-23;1-19-27(21-14-12-20(13-15-21)24-10-7-17-32-24)23(28-33-19)18-22-8-4-5-9-25(22)31-16-6-2-3-11-26(29)30;28-26(29)10-2-1-5-17-32-25-8-4-3-7-23(25)27(30)22-16-15-21(22)19-11-13-20(14-12-19)24-9-6-18-31-24/h5-6,8-11,13-16,18H,3-4,7,12,17,19H2,1-2H3,(H,31,32);3-4,6-9,11-14,16,18H,1-2,5,10,15,17H2,(H,29,30);4-5,7-10,12-15,17H,2-3,6,11,16,18H2,1H3,(H,29,30);3-4,6-9,11-14,18,21-22H,1-2,5,10,15-17H2,(H,28,29). The quantitative estimate of drug-likeness (QED) is 0.0203. The third-order valence-electron chi connectivity index (χ3n) is 22.9. The van der Waals surface area contributed by atoms with Crippen LogP contribution in [0.4, 0.5) is 0 Å². The summed E-state index contributed by atoms with van der Waals surface area (Å²) in [5, 5.41) is 53.0. The second-order valence-electron chi connectivity index (χ2n) is 32.9. The van der Waals surface area contributed by atoms with E-state index in [-0.39, 0.29) is 67.2 Å². The van der Waals surface area contributed by atoms with Crippen molar-refractivity contribution in [1.82, 2.24) is 15.2 Å². The van der Waals surface area contributed by atoms with Gasteiger partial charge in [-0.25, -0.2) is 0 Å². The van der Waals surface area contributed by atoms with Crippen molar-refractivity contribution in [3.05, 3.63) is 336 Å². The van der Waals surface area contributed by atoms with Gasteiger partial charge in [0.2, 0.25) is 5.78 Å². The molecule has 15 rings (SSSR count). The van der Waals surface area contributed by atoms with E-state index in [0.717, 1.165) is 155 Å². The number of nitrogens with zero attached hydrogens (tertiary/aromatic N) is 4. The number of aliphatic carboxylic acids is 4. The maximum absolute atomic E-state index is 13.5. The van der Waals surface area contributed by atoms with Crippen molar-refractivity contribution < 1.29 is 99.7 Å². The Labute approximate surface area is 777 Å². The number of carbonyl (C=O) groups is 7. The van der Waals surface area contributed by atoms with Crippen molar-refractivity contribution in [2.45, 2.75) is 167 Å². The SMILES string of the molecule is CC(C)(C#N)N(Cc1ccccc1OCCCCCC(=O)O)C(=O)c1ccc(-c2ccco2)cc1.Cc1onc(Cc2ccccc2OCCCCCC(=O)O)c1-c1ccc(-c2ccco2)cc1.O=C(O)CCCCCOc1ccccc1C(=O)C1CCC1c1ccc(-c2ccco2)cc1.O=C(O)CCCCCOc1ccccc1Cc1conc1C(=O)c1ccc(-c2ccco2)cc1. The molecular weight excluding hydrogens is 1700 g/mol. The van der Waals surface area contributed by atoms with Crippen LogP contribution in [-0.4, -0.2) is 109 Å². The predicted octanol–water partition coefficient (Wildman–Crippen LogP) is 24.6. The fourth-order valence-corrected chi connectivity index (χ4v) is 15.5. The molecule has 692 valence electrons. The number of Topliss-reactive ketones (excluding diaryl/α,β-unsaturated/α-hetero) is 1. The molecule has 0 saturated heterocycles. The van der Waals surface area contributed by atoms with Crippen LogP contribution in [0, 0.1) is 24.2 Å². The molecule has 0 aliphatic heterocycles. The van der Waals surface area contributed by atoms with Crippen molar-refractivity contribution in [3.63, 3.8) is 0 Å². The fraction of sp³-hybridized carbons (Fsp3) is 0.284. The second-order valence-corrected chi connectivity index (χ2v) is 32.9. The predicted molar refractivity (Wildman–Crippen MR) is 504 cm³/mol. The minimum absolute atomic E-state index is 0.0372. The van der Waals surface area contributed by atoms with Gasteiger partial charge in [-0.1, -0.05) is 162 Å². The summed E-state index contributed by atoms with van der Waals surface area (Å²) in [5.41, 5.74) is 12.1. The molecule has 0 spiro atoms. The monoisotopic (exact) mass is 1810 g/mol. The highest BCUT2D eigenvalue weighted by Gasteiger charge is 2.39. The van der Waals surface area contributed by atoms with Gasteiger partial charge in [0.25, 0.3) is 5.91 Å². The van der Waals surface area contributed by atoms with Crippen molar-refractivity contribution >= 4 is 41.4 Å². The number of hydrogen-bond donors (Lipinski definition) is 4. The largest absolute Gasteiger partial charge is 0.493 e. The first kappa shape index (κ1) is 97.7. The average molecular weight is 1810 g/mol. The number of aromatic nitrogens is 2. The summed E-state index contributed by atoms with van der Waals surface area (Å²) in [6, 6.07) is 78.4. The molecule has 6 heterocycles. The van der Waals surface area contributed by atoms with Crippen molar-refractivity contribution in [3.8, 4) is 85.5 Å². The minimum Gasteiger partial charge on any atom is -0.493 e. The van der Waals surface area contributed by atoms with Gasteiger partial charge in [-0.15, -0.1) is 0 Å². The van der Waals surface area contributed by atoms with Crippen molar-refractivity contribution in [2.24, 2.45) is 5.92 Å². The third kappa shape index (κ3) is 28.6. The van der Waals surface area contributed by atoms with Gasteiger partial charge in [0, 0.05) is 100 Å². The van der Waals surface area contributed by atoms with Gasteiger partial charge in [0.15, 0.2) is 11.5 Å². The summed E-state index contributed by atoms with van der Waals surface area (Å²) in [6.45, 7) is 7.53. The summed E-state index contributed by atoms with van der Waals surface area (Å²) in [6.07, 6.45) is 20.5. The molecule has 6 aromatic heterocycles. The molecule has 0 radical (unpaired) electrons. The van der Waals surface area contributed by atoms with Crippen molar-refractivity contribution in [2.75, 3.05) is 26.4 Å². The van der Waals surface area contributed by atoms with E-state index in [1.54, 1.807) is 74.1 Å². The van der Waals surface area contributed by atoms with E-state index in [1.165, 1.54) is 11.8 Å². The van der Waals surface area contributed by atoms with Gasteiger partial charge >= 0.3 is 23.9 Å². The van der Waals surface area contributed by atoms with Crippen LogP contribution >= 0.6 is 0 Å². The summed E-state index contributed by atoms with van der Waals surface area (Å²) in [7, 11) is 0. The number of benzene rings is 8. The molecular formula is C109H110N4O21. The molecule has 4 N–H and O–H groups in total. The lowest BCUT2D eigenvalue weighted by Crippen LogP contribution is -2.46. The summed E-state index contributed by atoms with van der Waals surface area (Å²) < 4.78 is 56.3. The summed E-state index contributed by atoms with van der Waals surface area (Å²) in [5.74, 6) is 3.44. The molecule has 134 heavy (non-hydrogen) atoms. The van der Waals surface area contributed by atoms with Crippen LogP contribution in [0.2, 0.25) is 0 Å². The van der Waals surface area contributed by atoms with Crippen LogP contribution in [0.15, 0.2) is 301 Å². The number of amides is 1. The van der Waals surface area contributed by atoms with Crippen LogP contribution in [0.3, 0.4) is 0 Å². The van der Waals surface area contributed by atoms with E-state index in [9.17, 15) is 38.8 Å². The Bertz CT molecular complexity index is 6080. The van der Waals surface area contributed by atoms with Crippen molar-refractivity contribution in [1.29, 1.82) is 5.26 Å². The molecule has 14 aromatic rings. The molecule has 1 aliphatic rings. The number of unbranched alkanes of at least 4 members (excludes halogenated alkanes) is 8. The average Bonchev–Trinajstić information content (AvgIpc) is 1.49. The third-order valence-corrected chi connectivity index (χ3v) is 22.9. The lowest BCUT2D eigenvalue weighted by atomic mass is 9.67. The van der Waals surface area contributed by atoms with Crippen LogP contribution in [-0.2, 0) is 38.6 Å². The lowest BCUT2D eigenvalue weighted by molar-refractivity contribution is -0.138. The number of rotatable bonds is 46. The van der Waals surface area contributed by atoms with Gasteiger partial charge in [-0.05, 0) is 224 Å². The number of nitriles is 1. The molecule has 1 aliphatic carbocycles. The van der Waals surface area contributed by atoms with E-state index in [4.69, 9.17) is 66.1 Å². The zero-order valence-electron chi connectivity index (χ0n) is 75.3. The maximum Gasteiger partial charge on any atom is 0.303 e. The Balaban J connectivity index is 0.000000161. The molecule has 25 heteroatoms. The van der Waals surface area contributed by atoms with Crippen LogP contribution in [0.1, 0.15) is 211 Å². The maximum atomic E-state index is 13.5. The first-order valence-corrected chi connectivity index (χ1v) is 45.2. The number of ether oxygens (including phenoxy) is 4.